The average Bonchev–Trinajstić information content (AvgIpc) is 3.48. The van der Waals surface area contributed by atoms with Gasteiger partial charge in [-0.05, 0) is 147 Å². The van der Waals surface area contributed by atoms with Gasteiger partial charge in [-0.25, -0.2) is 9.97 Å². The average molecular weight is 969 g/mol. The minimum atomic E-state index is 0.164. The number of hydrogen-bond donors (Lipinski definition) is 0. The molecule has 0 bridgehead atoms. The monoisotopic (exact) mass is 968 g/mol. The van der Waals surface area contributed by atoms with E-state index in [1.807, 2.05) is 0 Å². The first-order valence-corrected chi connectivity index (χ1v) is 25.9. The first-order chi connectivity index (χ1) is 37.1. The molecule has 0 saturated carbocycles. The maximum atomic E-state index is 5.43. The van der Waals surface area contributed by atoms with Gasteiger partial charge < -0.3 is 19.6 Å². The molecule has 2 aliphatic rings. The molecule has 0 N–H and O–H groups in total. The lowest BCUT2D eigenvalue weighted by atomic mass is 9.98. The number of aryl methyl sites for hydroxylation is 1. The van der Waals surface area contributed by atoms with Crippen LogP contribution in [0.4, 0.5) is 51.2 Å². The lowest BCUT2D eigenvalue weighted by Crippen LogP contribution is -2.36. The van der Waals surface area contributed by atoms with Crippen molar-refractivity contribution in [3.8, 4) is 22.5 Å². The number of para-hydroxylation sites is 6. The van der Waals surface area contributed by atoms with Crippen LogP contribution in [0.5, 0.6) is 0 Å². The molecule has 0 fully saturated rings. The predicted molar refractivity (Wildman–Crippen MR) is 314 cm³/mol. The molecule has 0 saturated heterocycles. The quantitative estimate of drug-likeness (QED) is 0.108. The van der Waals surface area contributed by atoms with Crippen LogP contribution in [0.1, 0.15) is 18.4 Å². The summed E-state index contributed by atoms with van der Waals surface area (Å²) in [7, 11) is 0. The van der Waals surface area contributed by atoms with Crippen LogP contribution in [0, 0.1) is 6.92 Å². The van der Waals surface area contributed by atoms with Crippen molar-refractivity contribution in [2.45, 2.75) is 31.8 Å². The van der Waals surface area contributed by atoms with Crippen molar-refractivity contribution < 1.29 is 0 Å². The minimum Gasteiger partial charge on any atom is -0.335 e. The highest BCUT2D eigenvalue weighted by Crippen LogP contribution is 2.42. The van der Waals surface area contributed by atoms with Crippen LogP contribution >= 0.6 is 0 Å². The third-order valence-electron chi connectivity index (χ3n) is 14.1. The van der Waals surface area contributed by atoms with Crippen LogP contribution in [0.2, 0.25) is 0 Å². The van der Waals surface area contributed by atoms with Gasteiger partial charge in [-0.1, -0.05) is 164 Å². The fourth-order valence-corrected chi connectivity index (χ4v) is 10.5. The Morgan fingerprint density at radius 2 is 0.773 bits per heavy atom. The topological polar surface area (TPSA) is 38.7 Å². The molecule has 0 amide bonds. The van der Waals surface area contributed by atoms with Gasteiger partial charge >= 0.3 is 0 Å². The fourth-order valence-electron chi connectivity index (χ4n) is 10.5. The standard InChI is InChI=1S/C69H56N6/c1-51-21-20-34-66-67(51)71-69(53-37-41-61(42-38-53)75(59-32-18-7-19-33-59)65-49-45-63(46-50-65)73(56-26-12-4-13-27-56)57-28-14-5-15-29-57)68(70-66)52-35-39-60(40-36-52)74(58-30-16-6-17-31-58)64-47-43-62(44-48-64)72(54-22-8-2-9-23-54)55-24-10-3-11-25-55/h2-30,32-43,45-50,58,62H,31,44H2,1H3. The third-order valence-corrected chi connectivity index (χ3v) is 14.1. The second-order valence-electron chi connectivity index (χ2n) is 19.0. The molecule has 0 aliphatic heterocycles. The van der Waals surface area contributed by atoms with Crippen LogP contribution in [0.25, 0.3) is 33.5 Å². The van der Waals surface area contributed by atoms with Gasteiger partial charge in [0.15, 0.2) is 0 Å². The molecular weight excluding hydrogens is 913 g/mol. The van der Waals surface area contributed by atoms with E-state index >= 15 is 0 Å². The molecule has 1 heterocycles. The maximum absolute atomic E-state index is 5.43. The molecule has 6 heteroatoms. The lowest BCUT2D eigenvalue weighted by molar-refractivity contribution is 0.732. The fraction of sp³-hybridized carbons (Fsp3) is 0.0725. The molecule has 0 radical (unpaired) electrons. The molecule has 1 aromatic heterocycles. The number of aromatic nitrogens is 2. The Morgan fingerprint density at radius 3 is 1.23 bits per heavy atom. The zero-order valence-corrected chi connectivity index (χ0v) is 41.9. The molecule has 2 atom stereocenters. The van der Waals surface area contributed by atoms with Crippen LogP contribution < -0.4 is 19.6 Å². The van der Waals surface area contributed by atoms with E-state index in [4.69, 9.17) is 9.97 Å². The zero-order valence-electron chi connectivity index (χ0n) is 41.9. The highest BCUT2D eigenvalue weighted by Gasteiger charge is 2.26. The Bertz CT molecular complexity index is 3570. The Morgan fingerprint density at radius 1 is 0.360 bits per heavy atom. The summed E-state index contributed by atoms with van der Waals surface area (Å²) in [6.07, 6.45) is 17.8. The normalized spacial score (nSPS) is 14.8. The Labute approximate surface area is 440 Å². The number of allylic oxidation sites excluding steroid dienone is 3. The van der Waals surface area contributed by atoms with Crippen molar-refractivity contribution in [2.24, 2.45) is 0 Å². The van der Waals surface area contributed by atoms with Gasteiger partial charge in [0.2, 0.25) is 0 Å². The highest BCUT2D eigenvalue weighted by atomic mass is 15.2. The summed E-state index contributed by atoms with van der Waals surface area (Å²) in [5.41, 5.74) is 17.7. The number of anilines is 9. The van der Waals surface area contributed by atoms with Crippen molar-refractivity contribution in [2.75, 3.05) is 19.6 Å². The number of nitrogens with zero attached hydrogens (tertiary/aromatic N) is 6. The molecule has 362 valence electrons. The van der Waals surface area contributed by atoms with Gasteiger partial charge in [0.25, 0.3) is 0 Å². The van der Waals surface area contributed by atoms with E-state index in [1.54, 1.807) is 0 Å². The lowest BCUT2D eigenvalue weighted by Gasteiger charge is -2.37. The molecule has 9 aromatic carbocycles. The van der Waals surface area contributed by atoms with Gasteiger partial charge in [0, 0.05) is 68.0 Å². The van der Waals surface area contributed by atoms with Crippen LogP contribution in [0.3, 0.4) is 0 Å². The minimum absolute atomic E-state index is 0.164. The van der Waals surface area contributed by atoms with E-state index in [1.165, 1.54) is 17.1 Å². The number of rotatable bonds is 14. The predicted octanol–water partition coefficient (Wildman–Crippen LogP) is 18.0. The summed E-state index contributed by atoms with van der Waals surface area (Å²) in [5.74, 6) is 0. The second-order valence-corrected chi connectivity index (χ2v) is 19.0. The maximum Gasteiger partial charge on any atom is 0.0973 e. The first kappa shape index (κ1) is 46.5. The Balaban J connectivity index is 0.871. The SMILES string of the molecule is Cc1cccc2nc(-c3ccc(N(C4=CCC(N(c5ccccc5)c5ccccc5)C=C4)C4C=CC=CC4)cc3)c(-c3ccc(N(c4ccccc4)c4ccc(N(c5ccccc5)c5ccccc5)cc4)cc3)nc12. The van der Waals surface area contributed by atoms with Crippen molar-refractivity contribution in [1.82, 2.24) is 9.97 Å². The summed E-state index contributed by atoms with van der Waals surface area (Å²) >= 11 is 0. The summed E-state index contributed by atoms with van der Waals surface area (Å²) in [5, 5.41) is 0. The van der Waals surface area contributed by atoms with E-state index in [9.17, 15) is 0 Å². The van der Waals surface area contributed by atoms with Gasteiger partial charge in [0.05, 0.1) is 34.5 Å². The summed E-state index contributed by atoms with van der Waals surface area (Å²) in [4.78, 5) is 20.3. The molecule has 12 rings (SSSR count). The van der Waals surface area contributed by atoms with E-state index < -0.39 is 0 Å². The van der Waals surface area contributed by atoms with Crippen molar-refractivity contribution in [1.29, 1.82) is 0 Å². The van der Waals surface area contributed by atoms with Crippen LogP contribution in [-0.4, -0.2) is 22.1 Å². The zero-order chi connectivity index (χ0) is 50.3. The van der Waals surface area contributed by atoms with E-state index in [2.05, 4.69) is 312 Å². The number of fused-ring (bicyclic) bond motifs is 1. The molecule has 75 heavy (non-hydrogen) atoms. The van der Waals surface area contributed by atoms with Gasteiger partial charge in [-0.15, -0.1) is 0 Å². The number of hydrogen-bond acceptors (Lipinski definition) is 6. The Kier molecular flexibility index (Phi) is 13.2. The molecule has 2 aliphatic carbocycles. The third kappa shape index (κ3) is 9.77. The largest absolute Gasteiger partial charge is 0.335 e. The van der Waals surface area contributed by atoms with Gasteiger partial charge in [0.1, 0.15) is 0 Å². The van der Waals surface area contributed by atoms with E-state index in [0.717, 1.165) is 91.8 Å². The highest BCUT2D eigenvalue weighted by molar-refractivity contribution is 5.89. The molecule has 0 spiro atoms. The van der Waals surface area contributed by atoms with Crippen LogP contribution in [0.15, 0.2) is 291 Å². The molecule has 2 unspecified atom stereocenters. The molecule has 10 aromatic rings. The van der Waals surface area contributed by atoms with E-state index in [0.29, 0.717) is 0 Å². The molecular formula is C69H56N6. The van der Waals surface area contributed by atoms with Crippen LogP contribution in [-0.2, 0) is 0 Å². The molecule has 6 nitrogen and oxygen atoms in total. The van der Waals surface area contributed by atoms with E-state index in [-0.39, 0.29) is 12.1 Å². The summed E-state index contributed by atoms with van der Waals surface area (Å²) in [6.45, 7) is 2.11. The van der Waals surface area contributed by atoms with Crippen molar-refractivity contribution in [3.05, 3.63) is 296 Å². The summed E-state index contributed by atoms with van der Waals surface area (Å²) in [6, 6.07) is 86.1. The van der Waals surface area contributed by atoms with Gasteiger partial charge in [-0.3, -0.25) is 0 Å². The number of benzene rings is 9. The van der Waals surface area contributed by atoms with Crippen molar-refractivity contribution >= 4 is 62.2 Å². The smallest absolute Gasteiger partial charge is 0.0973 e. The second kappa shape index (κ2) is 21.3. The first-order valence-electron chi connectivity index (χ1n) is 25.9. The van der Waals surface area contributed by atoms with Gasteiger partial charge in [-0.2, -0.15) is 0 Å². The Hall–Kier alpha value is -9.52. The van der Waals surface area contributed by atoms with Crippen molar-refractivity contribution in [3.63, 3.8) is 0 Å². The summed E-state index contributed by atoms with van der Waals surface area (Å²) < 4.78 is 0.